The first kappa shape index (κ1) is 13.0. The first-order valence-corrected chi connectivity index (χ1v) is 6.24. The second-order valence-corrected chi connectivity index (χ2v) is 5.09. The Labute approximate surface area is 106 Å². The first-order chi connectivity index (χ1) is 8.50. The average molecular weight is 250 g/mol. The van der Waals surface area contributed by atoms with Crippen LogP contribution in [0.1, 0.15) is 38.9 Å². The normalized spacial score (nSPS) is 32.2. The highest BCUT2D eigenvalue weighted by atomic mass is 16.6. The van der Waals surface area contributed by atoms with Crippen LogP contribution in [0.2, 0.25) is 0 Å². The lowest BCUT2D eigenvalue weighted by molar-refractivity contribution is -0.386. The molecule has 0 spiro atoms. The third-order valence-corrected chi connectivity index (χ3v) is 3.98. The molecule has 1 aromatic heterocycles. The molecule has 1 fully saturated rings. The van der Waals surface area contributed by atoms with E-state index in [9.17, 15) is 10.1 Å². The van der Waals surface area contributed by atoms with Crippen LogP contribution < -0.4 is 0 Å². The molecule has 0 bridgehead atoms. The number of nitro groups is 1. The first-order valence-electron chi connectivity index (χ1n) is 6.24. The van der Waals surface area contributed by atoms with Gasteiger partial charge in [0.1, 0.15) is 6.20 Å². The van der Waals surface area contributed by atoms with Gasteiger partial charge in [0.15, 0.2) is 0 Å². The molecule has 5 nitrogen and oxygen atoms in total. The van der Waals surface area contributed by atoms with E-state index in [-0.39, 0.29) is 22.8 Å². The highest BCUT2D eigenvalue weighted by Crippen LogP contribution is 2.40. The number of ether oxygens (including phenoxy) is 1. The highest BCUT2D eigenvalue weighted by molar-refractivity contribution is 5.38. The standard InChI is InChI=1S/C13H18N2O3/c1-8-6-13(18-10(3)9(8)2)11-4-5-14-7-12(11)15(16)17/h4-5,7-10,13H,6H2,1-3H3/t8-,9+,10-,13-/m1/s1. The van der Waals surface area contributed by atoms with Crippen molar-refractivity contribution in [3.8, 4) is 0 Å². The molecule has 0 saturated carbocycles. The quantitative estimate of drug-likeness (QED) is 0.597. The largest absolute Gasteiger partial charge is 0.370 e. The van der Waals surface area contributed by atoms with Crippen LogP contribution in [0.25, 0.3) is 0 Å². The van der Waals surface area contributed by atoms with Crippen molar-refractivity contribution in [1.29, 1.82) is 0 Å². The molecule has 0 amide bonds. The van der Waals surface area contributed by atoms with Gasteiger partial charge < -0.3 is 4.74 Å². The van der Waals surface area contributed by atoms with Gasteiger partial charge in [-0.05, 0) is 31.2 Å². The number of pyridine rings is 1. The van der Waals surface area contributed by atoms with Crippen molar-refractivity contribution in [3.05, 3.63) is 34.1 Å². The van der Waals surface area contributed by atoms with Crippen molar-refractivity contribution in [2.24, 2.45) is 11.8 Å². The van der Waals surface area contributed by atoms with Crippen LogP contribution in [0, 0.1) is 22.0 Å². The molecule has 0 aromatic carbocycles. The molecule has 98 valence electrons. The van der Waals surface area contributed by atoms with Gasteiger partial charge in [0.25, 0.3) is 5.69 Å². The Hall–Kier alpha value is -1.49. The van der Waals surface area contributed by atoms with E-state index in [2.05, 4.69) is 18.8 Å². The summed E-state index contributed by atoms with van der Waals surface area (Å²) in [5.74, 6) is 0.966. The van der Waals surface area contributed by atoms with Crippen LogP contribution in [-0.4, -0.2) is 16.0 Å². The maximum atomic E-state index is 11.0. The lowest BCUT2D eigenvalue weighted by Gasteiger charge is -2.37. The second-order valence-electron chi connectivity index (χ2n) is 5.09. The fourth-order valence-corrected chi connectivity index (χ4v) is 2.48. The summed E-state index contributed by atoms with van der Waals surface area (Å²) in [7, 11) is 0. The van der Waals surface area contributed by atoms with Gasteiger partial charge in [-0.2, -0.15) is 0 Å². The Balaban J connectivity index is 2.30. The molecule has 1 aliphatic heterocycles. The van der Waals surface area contributed by atoms with Gasteiger partial charge in [-0.15, -0.1) is 0 Å². The predicted octanol–water partition coefficient (Wildman–Crippen LogP) is 3.11. The van der Waals surface area contributed by atoms with E-state index in [0.717, 1.165) is 6.42 Å². The van der Waals surface area contributed by atoms with E-state index in [4.69, 9.17) is 4.74 Å². The minimum atomic E-state index is -0.390. The minimum Gasteiger partial charge on any atom is -0.370 e. The summed E-state index contributed by atoms with van der Waals surface area (Å²) in [6.07, 6.45) is 3.61. The minimum absolute atomic E-state index is 0.0523. The van der Waals surface area contributed by atoms with Gasteiger partial charge in [0.05, 0.1) is 22.7 Å². The molecule has 1 aromatic rings. The maximum Gasteiger partial charge on any atom is 0.293 e. The van der Waals surface area contributed by atoms with Crippen LogP contribution in [-0.2, 0) is 4.74 Å². The molecule has 2 rings (SSSR count). The van der Waals surface area contributed by atoms with E-state index in [1.165, 1.54) is 6.20 Å². The second kappa shape index (κ2) is 5.02. The van der Waals surface area contributed by atoms with Crippen molar-refractivity contribution < 1.29 is 9.66 Å². The van der Waals surface area contributed by atoms with Crippen molar-refractivity contribution in [2.45, 2.75) is 39.4 Å². The Morgan fingerprint density at radius 1 is 1.44 bits per heavy atom. The van der Waals surface area contributed by atoms with Gasteiger partial charge in [-0.1, -0.05) is 13.8 Å². The number of rotatable bonds is 2. The molecule has 0 aliphatic carbocycles. The Kier molecular flexibility index (Phi) is 3.61. The van der Waals surface area contributed by atoms with E-state index in [1.807, 2.05) is 6.92 Å². The van der Waals surface area contributed by atoms with Gasteiger partial charge in [-0.3, -0.25) is 15.1 Å². The summed E-state index contributed by atoms with van der Waals surface area (Å²) < 4.78 is 5.91. The van der Waals surface area contributed by atoms with E-state index < -0.39 is 0 Å². The molecule has 18 heavy (non-hydrogen) atoms. The molecule has 0 radical (unpaired) electrons. The van der Waals surface area contributed by atoms with Crippen LogP contribution in [0.3, 0.4) is 0 Å². The van der Waals surface area contributed by atoms with E-state index >= 15 is 0 Å². The summed E-state index contributed by atoms with van der Waals surface area (Å²) in [6.45, 7) is 6.36. The fraction of sp³-hybridized carbons (Fsp3) is 0.615. The number of aromatic nitrogens is 1. The van der Waals surface area contributed by atoms with Crippen LogP contribution in [0.4, 0.5) is 5.69 Å². The highest BCUT2D eigenvalue weighted by Gasteiger charge is 2.34. The zero-order valence-corrected chi connectivity index (χ0v) is 10.9. The zero-order valence-electron chi connectivity index (χ0n) is 10.9. The van der Waals surface area contributed by atoms with Crippen molar-refractivity contribution in [3.63, 3.8) is 0 Å². The van der Waals surface area contributed by atoms with Crippen LogP contribution in [0.5, 0.6) is 0 Å². The third-order valence-electron chi connectivity index (χ3n) is 3.98. The van der Waals surface area contributed by atoms with Gasteiger partial charge >= 0.3 is 0 Å². The Morgan fingerprint density at radius 3 is 2.78 bits per heavy atom. The summed E-state index contributed by atoms with van der Waals surface area (Å²) in [6, 6.07) is 1.69. The summed E-state index contributed by atoms with van der Waals surface area (Å²) in [5, 5.41) is 11.0. The SMILES string of the molecule is C[C@H]1[C@H](C)C[C@H](c2ccncc2[N+](=O)[O-])O[C@@H]1C. The van der Waals surface area contributed by atoms with Gasteiger partial charge in [0, 0.05) is 6.20 Å². The molecule has 1 saturated heterocycles. The van der Waals surface area contributed by atoms with Crippen molar-refractivity contribution in [2.75, 3.05) is 0 Å². The summed E-state index contributed by atoms with van der Waals surface area (Å²) in [5.41, 5.74) is 0.692. The smallest absolute Gasteiger partial charge is 0.293 e. The average Bonchev–Trinajstić information content (AvgIpc) is 2.35. The Morgan fingerprint density at radius 2 is 2.17 bits per heavy atom. The van der Waals surface area contributed by atoms with Crippen LogP contribution >= 0.6 is 0 Å². The fourth-order valence-electron chi connectivity index (χ4n) is 2.48. The topological polar surface area (TPSA) is 65.3 Å². The van der Waals surface area contributed by atoms with Crippen molar-refractivity contribution >= 4 is 5.69 Å². The Bertz CT molecular complexity index is 438. The summed E-state index contributed by atoms with van der Waals surface area (Å²) >= 11 is 0. The molecule has 4 atom stereocenters. The molecule has 5 heteroatoms. The number of hydrogen-bond acceptors (Lipinski definition) is 4. The van der Waals surface area contributed by atoms with Crippen LogP contribution in [0.15, 0.2) is 18.5 Å². The number of hydrogen-bond donors (Lipinski definition) is 0. The molecule has 1 aliphatic rings. The molecular formula is C13H18N2O3. The van der Waals surface area contributed by atoms with E-state index in [1.54, 1.807) is 12.3 Å². The third kappa shape index (κ3) is 2.36. The lowest BCUT2D eigenvalue weighted by atomic mass is 9.82. The van der Waals surface area contributed by atoms with Crippen molar-refractivity contribution in [1.82, 2.24) is 4.98 Å². The molecular weight excluding hydrogens is 232 g/mol. The monoisotopic (exact) mass is 250 g/mol. The van der Waals surface area contributed by atoms with Gasteiger partial charge in [-0.25, -0.2) is 0 Å². The maximum absolute atomic E-state index is 11.0. The lowest BCUT2D eigenvalue weighted by Crippen LogP contribution is -2.33. The molecule has 2 heterocycles. The predicted molar refractivity (Wildman–Crippen MR) is 67.1 cm³/mol. The summed E-state index contributed by atoms with van der Waals surface area (Å²) in [4.78, 5) is 14.4. The number of nitrogens with zero attached hydrogens (tertiary/aromatic N) is 2. The van der Waals surface area contributed by atoms with E-state index in [0.29, 0.717) is 17.4 Å². The molecule has 0 unspecified atom stereocenters. The zero-order chi connectivity index (χ0) is 13.3. The van der Waals surface area contributed by atoms with Gasteiger partial charge in [0.2, 0.25) is 0 Å². The molecule has 0 N–H and O–H groups in total.